The molecule has 0 aliphatic carbocycles. The quantitative estimate of drug-likeness (QED) is 0.115. The monoisotopic (exact) mass is 628 g/mol. The van der Waals surface area contributed by atoms with E-state index in [0.29, 0.717) is 0 Å². The minimum absolute atomic E-state index is 0.790. The fraction of sp³-hybridized carbons (Fsp3) is 0.350. The molecule has 0 saturated heterocycles. The zero-order chi connectivity index (χ0) is 33.8. The first-order valence-corrected chi connectivity index (χ1v) is 16.1. The maximum atomic E-state index is 8.00. The Hall–Kier alpha value is -4.58. The summed E-state index contributed by atoms with van der Waals surface area (Å²) >= 11 is 0. The highest BCUT2D eigenvalue weighted by Crippen LogP contribution is 2.25. The van der Waals surface area contributed by atoms with Crippen LogP contribution in [0.5, 0.6) is 34.5 Å². The summed E-state index contributed by atoms with van der Waals surface area (Å²) in [5.41, 5.74) is 2.46. The molecular weight excluding hydrogens is 576 g/mol. The van der Waals surface area contributed by atoms with E-state index < -0.39 is 0 Å². The number of hydrogen-bond donors (Lipinski definition) is 0. The van der Waals surface area contributed by atoms with E-state index in [4.69, 9.17) is 28.5 Å². The molecule has 4 rings (SSSR count). The van der Waals surface area contributed by atoms with Crippen LogP contribution in [-0.4, -0.2) is 26.8 Å². The molecular formula is C40H52O6. The van der Waals surface area contributed by atoms with Gasteiger partial charge in [-0.2, -0.15) is 0 Å². The van der Waals surface area contributed by atoms with Crippen molar-refractivity contribution >= 4 is 13.6 Å². The third kappa shape index (κ3) is 17.6. The van der Waals surface area contributed by atoms with Gasteiger partial charge in [0.1, 0.15) is 48.1 Å². The minimum Gasteiger partial charge on any atom is -0.494 e. The van der Waals surface area contributed by atoms with E-state index in [-0.39, 0.29) is 0 Å². The minimum atomic E-state index is 0.790. The summed E-state index contributed by atoms with van der Waals surface area (Å²) in [6, 6.07) is 31.7. The normalized spacial score (nSPS) is 9.65. The van der Waals surface area contributed by atoms with Crippen molar-refractivity contribution in [1.82, 2.24) is 0 Å². The Morgan fingerprint density at radius 3 is 0.935 bits per heavy atom. The van der Waals surface area contributed by atoms with Crippen LogP contribution in [0.1, 0.15) is 76.3 Å². The van der Waals surface area contributed by atoms with Gasteiger partial charge in [-0.05, 0) is 99.5 Å². The van der Waals surface area contributed by atoms with Gasteiger partial charge in [-0.25, -0.2) is 0 Å². The van der Waals surface area contributed by atoms with Crippen LogP contribution in [0.3, 0.4) is 0 Å². The lowest BCUT2D eigenvalue weighted by atomic mass is 10.2. The lowest BCUT2D eigenvalue weighted by Gasteiger charge is -2.08. The first-order valence-electron chi connectivity index (χ1n) is 16.1. The van der Waals surface area contributed by atoms with Gasteiger partial charge < -0.3 is 28.5 Å². The molecule has 0 N–H and O–H groups in total. The molecule has 6 heteroatoms. The van der Waals surface area contributed by atoms with Crippen LogP contribution in [0.25, 0.3) is 0 Å². The van der Waals surface area contributed by atoms with Crippen LogP contribution in [0, 0.1) is 13.8 Å². The van der Waals surface area contributed by atoms with Gasteiger partial charge in [-0.1, -0.05) is 87.8 Å². The second kappa shape index (κ2) is 25.7. The Morgan fingerprint density at radius 1 is 0.391 bits per heavy atom. The summed E-state index contributed by atoms with van der Waals surface area (Å²) < 4.78 is 23.0. The van der Waals surface area contributed by atoms with Crippen LogP contribution in [-0.2, 0) is 9.59 Å². The van der Waals surface area contributed by atoms with E-state index in [1.807, 2.05) is 111 Å². The Kier molecular flexibility index (Phi) is 22.1. The van der Waals surface area contributed by atoms with E-state index in [0.717, 1.165) is 60.6 Å². The standard InChI is InChI=1S/2C19H24O2.2CH2O/c2*1-3-4-5-6-15-20-17-11-13-19(14-12-17)21-18-9-7-16(2)8-10-18;2*1-2/h2*7-14H,3-6,15H2,1-2H3;2*1H2. The maximum absolute atomic E-state index is 8.00. The molecule has 0 fully saturated rings. The zero-order valence-electron chi connectivity index (χ0n) is 28.2. The third-order valence-corrected chi connectivity index (χ3v) is 6.69. The van der Waals surface area contributed by atoms with Crippen molar-refractivity contribution in [2.24, 2.45) is 0 Å². The van der Waals surface area contributed by atoms with Gasteiger partial charge in [0.25, 0.3) is 0 Å². The third-order valence-electron chi connectivity index (χ3n) is 6.69. The van der Waals surface area contributed by atoms with Gasteiger partial charge in [0.05, 0.1) is 13.2 Å². The molecule has 4 aromatic rings. The highest BCUT2D eigenvalue weighted by atomic mass is 16.5. The number of ether oxygens (including phenoxy) is 4. The van der Waals surface area contributed by atoms with Crippen LogP contribution < -0.4 is 18.9 Å². The molecule has 0 heterocycles. The Labute approximate surface area is 276 Å². The fourth-order valence-electron chi connectivity index (χ4n) is 4.13. The molecule has 0 aliphatic heterocycles. The number of aryl methyl sites for hydroxylation is 2. The average molecular weight is 629 g/mol. The van der Waals surface area contributed by atoms with Gasteiger partial charge in [0.2, 0.25) is 0 Å². The predicted molar refractivity (Wildman–Crippen MR) is 189 cm³/mol. The van der Waals surface area contributed by atoms with Crippen LogP contribution in [0.2, 0.25) is 0 Å². The molecule has 0 bridgehead atoms. The summed E-state index contributed by atoms with van der Waals surface area (Å²) in [4.78, 5) is 16.0. The van der Waals surface area contributed by atoms with Crippen molar-refractivity contribution in [2.45, 2.75) is 79.1 Å². The number of carbonyl (C=O) groups is 2. The molecule has 0 saturated carbocycles. The molecule has 0 aliphatic rings. The molecule has 0 aromatic heterocycles. The number of unbranched alkanes of at least 4 members (excludes halogenated alkanes) is 6. The van der Waals surface area contributed by atoms with Crippen LogP contribution >= 0.6 is 0 Å². The van der Waals surface area contributed by atoms with Gasteiger partial charge in [0, 0.05) is 0 Å². The molecule has 0 radical (unpaired) electrons. The lowest BCUT2D eigenvalue weighted by molar-refractivity contribution is -0.0987. The molecule has 0 atom stereocenters. The molecule has 0 spiro atoms. The SMILES string of the molecule is C=O.C=O.CCCCCCOc1ccc(Oc2ccc(C)cc2)cc1.CCCCCCOc1ccc(Oc2ccc(C)cc2)cc1. The van der Waals surface area contributed by atoms with Gasteiger partial charge >= 0.3 is 0 Å². The largest absolute Gasteiger partial charge is 0.494 e. The van der Waals surface area contributed by atoms with Gasteiger partial charge in [-0.15, -0.1) is 0 Å². The van der Waals surface area contributed by atoms with Crippen molar-refractivity contribution in [1.29, 1.82) is 0 Å². The molecule has 6 nitrogen and oxygen atoms in total. The Balaban J connectivity index is 0.000000415. The maximum Gasteiger partial charge on any atom is 0.127 e. The second-order valence-corrected chi connectivity index (χ2v) is 10.6. The fourth-order valence-corrected chi connectivity index (χ4v) is 4.13. The smallest absolute Gasteiger partial charge is 0.127 e. The van der Waals surface area contributed by atoms with E-state index in [2.05, 4.69) is 27.7 Å². The van der Waals surface area contributed by atoms with Crippen molar-refractivity contribution in [3.8, 4) is 34.5 Å². The molecule has 0 amide bonds. The molecule has 4 aromatic carbocycles. The molecule has 0 unspecified atom stereocenters. The summed E-state index contributed by atoms with van der Waals surface area (Å²) in [5.74, 6) is 5.18. The topological polar surface area (TPSA) is 71.1 Å². The average Bonchev–Trinajstić information content (AvgIpc) is 3.10. The lowest BCUT2D eigenvalue weighted by Crippen LogP contribution is -1.97. The van der Waals surface area contributed by atoms with Crippen molar-refractivity contribution in [3.05, 3.63) is 108 Å². The van der Waals surface area contributed by atoms with Crippen molar-refractivity contribution in [2.75, 3.05) is 13.2 Å². The number of carbonyl (C=O) groups excluding carboxylic acids is 2. The molecule has 248 valence electrons. The van der Waals surface area contributed by atoms with E-state index >= 15 is 0 Å². The number of hydrogen-bond acceptors (Lipinski definition) is 6. The Morgan fingerprint density at radius 2 is 0.652 bits per heavy atom. The highest BCUT2D eigenvalue weighted by Gasteiger charge is 2.00. The summed E-state index contributed by atoms with van der Waals surface area (Å²) in [5, 5.41) is 0. The summed E-state index contributed by atoms with van der Waals surface area (Å²) in [7, 11) is 0. The van der Waals surface area contributed by atoms with Gasteiger partial charge in [0.15, 0.2) is 0 Å². The first kappa shape index (κ1) is 39.4. The highest BCUT2D eigenvalue weighted by molar-refractivity contribution is 5.37. The van der Waals surface area contributed by atoms with E-state index in [1.54, 1.807) is 0 Å². The predicted octanol–water partition coefficient (Wildman–Crippen LogP) is 11.1. The van der Waals surface area contributed by atoms with Crippen molar-refractivity contribution in [3.63, 3.8) is 0 Å². The second-order valence-electron chi connectivity index (χ2n) is 10.6. The molecule has 46 heavy (non-hydrogen) atoms. The van der Waals surface area contributed by atoms with Gasteiger partial charge in [-0.3, -0.25) is 0 Å². The summed E-state index contributed by atoms with van der Waals surface area (Å²) in [6.07, 6.45) is 9.80. The zero-order valence-corrected chi connectivity index (χ0v) is 28.2. The first-order chi connectivity index (χ1) is 22.6. The summed E-state index contributed by atoms with van der Waals surface area (Å²) in [6.45, 7) is 14.1. The van der Waals surface area contributed by atoms with Crippen molar-refractivity contribution < 1.29 is 28.5 Å². The van der Waals surface area contributed by atoms with Crippen LogP contribution in [0.15, 0.2) is 97.1 Å². The van der Waals surface area contributed by atoms with E-state index in [9.17, 15) is 0 Å². The Bertz CT molecular complexity index is 1170. The van der Waals surface area contributed by atoms with Crippen LogP contribution in [0.4, 0.5) is 0 Å². The van der Waals surface area contributed by atoms with E-state index in [1.165, 1.54) is 49.7 Å². The number of benzene rings is 4. The number of rotatable bonds is 16.